The molecule has 0 unspecified atom stereocenters. The Bertz CT molecular complexity index is 1090. The molecule has 0 saturated heterocycles. The van der Waals surface area contributed by atoms with E-state index in [1.807, 2.05) is 6.92 Å². The Morgan fingerprint density at radius 3 is 1.79 bits per heavy atom. The number of rotatable bonds is 10. The van der Waals surface area contributed by atoms with E-state index < -0.39 is 52.3 Å². The van der Waals surface area contributed by atoms with Gasteiger partial charge in [0.25, 0.3) is 0 Å². The third-order valence-electron chi connectivity index (χ3n) is 8.05. The first kappa shape index (κ1) is 29.5. The lowest BCUT2D eigenvalue weighted by Crippen LogP contribution is -2.28. The van der Waals surface area contributed by atoms with Crippen LogP contribution >= 0.6 is 0 Å². The van der Waals surface area contributed by atoms with Crippen LogP contribution in [0.1, 0.15) is 63.9 Å². The average Bonchev–Trinajstić information content (AvgIpc) is 2.91. The maximum atomic E-state index is 14.6. The van der Waals surface area contributed by atoms with Crippen LogP contribution in [-0.4, -0.2) is 19.8 Å². The third kappa shape index (κ3) is 7.18. The largest absolute Gasteiger partial charge is 0.490 e. The summed E-state index contributed by atoms with van der Waals surface area (Å²) >= 11 is 0. The SMILES string of the molecule is CCOCC1CCC(C2CCC(COc3ccc(C(F)(F)Oc4cc(F)c(F)c(F)c4)c(F)c3F)CC2)CC1. The van der Waals surface area contributed by atoms with Crippen LogP contribution in [0, 0.1) is 52.8 Å². The van der Waals surface area contributed by atoms with Crippen LogP contribution in [0.4, 0.5) is 30.7 Å². The number of benzene rings is 2. The fourth-order valence-electron chi connectivity index (χ4n) is 5.81. The van der Waals surface area contributed by atoms with Gasteiger partial charge in [-0.05, 0) is 94.1 Å². The monoisotopic (exact) mass is 562 g/mol. The fraction of sp³-hybridized carbons (Fsp3) is 0.586. The first-order chi connectivity index (χ1) is 18.6. The zero-order valence-electron chi connectivity index (χ0n) is 21.8. The van der Waals surface area contributed by atoms with Crippen LogP contribution in [0.3, 0.4) is 0 Å². The van der Waals surface area contributed by atoms with Gasteiger partial charge in [-0.2, -0.15) is 13.2 Å². The van der Waals surface area contributed by atoms with Gasteiger partial charge in [-0.3, -0.25) is 0 Å². The standard InChI is InChI=1S/C29H33F7O3/c1-2-37-15-17-3-7-19(8-4-17)20-9-5-18(6-10-20)16-38-25-12-11-22(26(32)28(25)34)29(35,36)39-21-13-23(30)27(33)24(31)14-21/h11-14,17-20H,2-10,15-16H2,1H3. The van der Waals surface area contributed by atoms with E-state index in [9.17, 15) is 30.7 Å². The summed E-state index contributed by atoms with van der Waals surface area (Å²) in [5, 5.41) is 0. The molecular formula is C29H33F7O3. The molecule has 39 heavy (non-hydrogen) atoms. The summed E-state index contributed by atoms with van der Waals surface area (Å²) in [7, 11) is 0. The van der Waals surface area contributed by atoms with E-state index in [-0.39, 0.29) is 24.7 Å². The molecule has 0 aliphatic heterocycles. The molecule has 0 aromatic heterocycles. The zero-order chi connectivity index (χ0) is 28.2. The summed E-state index contributed by atoms with van der Waals surface area (Å²) in [5.41, 5.74) is -1.49. The predicted molar refractivity (Wildman–Crippen MR) is 130 cm³/mol. The minimum Gasteiger partial charge on any atom is -0.490 e. The highest BCUT2D eigenvalue weighted by molar-refractivity contribution is 5.34. The normalized spacial score (nSPS) is 24.0. The van der Waals surface area contributed by atoms with Gasteiger partial charge in [0.05, 0.1) is 6.61 Å². The lowest BCUT2D eigenvalue weighted by Gasteiger charge is -2.37. The topological polar surface area (TPSA) is 27.7 Å². The number of hydrogen-bond donors (Lipinski definition) is 0. The number of halogens is 7. The lowest BCUT2D eigenvalue weighted by molar-refractivity contribution is -0.188. The van der Waals surface area contributed by atoms with Crippen LogP contribution in [0.15, 0.2) is 24.3 Å². The van der Waals surface area contributed by atoms with Gasteiger partial charge in [-0.1, -0.05) is 0 Å². The van der Waals surface area contributed by atoms with Crippen LogP contribution in [0.25, 0.3) is 0 Å². The molecule has 216 valence electrons. The van der Waals surface area contributed by atoms with Gasteiger partial charge < -0.3 is 14.2 Å². The Balaban J connectivity index is 1.29. The van der Waals surface area contributed by atoms with Crippen molar-refractivity contribution in [1.82, 2.24) is 0 Å². The maximum absolute atomic E-state index is 14.6. The van der Waals surface area contributed by atoms with Crippen LogP contribution < -0.4 is 9.47 Å². The molecule has 2 aliphatic carbocycles. The Morgan fingerprint density at radius 1 is 0.718 bits per heavy atom. The Kier molecular flexibility index (Phi) is 9.67. The zero-order valence-corrected chi connectivity index (χ0v) is 21.8. The summed E-state index contributed by atoms with van der Waals surface area (Å²) in [5.74, 6) is -8.41. The molecule has 2 aromatic carbocycles. The molecule has 0 spiro atoms. The van der Waals surface area contributed by atoms with Gasteiger partial charge in [-0.15, -0.1) is 0 Å². The van der Waals surface area contributed by atoms with Crippen molar-refractivity contribution in [2.75, 3.05) is 19.8 Å². The maximum Gasteiger partial charge on any atom is 0.429 e. The molecule has 0 amide bonds. The van der Waals surface area contributed by atoms with Crippen LogP contribution in [-0.2, 0) is 10.8 Å². The molecule has 0 radical (unpaired) electrons. The number of ether oxygens (including phenoxy) is 3. The molecule has 10 heteroatoms. The summed E-state index contributed by atoms with van der Waals surface area (Å²) in [6.07, 6.45) is 4.16. The Hall–Kier alpha value is -2.49. The molecule has 0 bridgehead atoms. The van der Waals surface area contributed by atoms with Crippen molar-refractivity contribution in [3.63, 3.8) is 0 Å². The van der Waals surface area contributed by atoms with Crippen molar-refractivity contribution in [3.05, 3.63) is 58.9 Å². The van der Waals surface area contributed by atoms with E-state index in [1.54, 1.807) is 0 Å². The van der Waals surface area contributed by atoms with Gasteiger partial charge in [-0.25, -0.2) is 17.6 Å². The third-order valence-corrected chi connectivity index (χ3v) is 8.05. The molecule has 2 saturated carbocycles. The van der Waals surface area contributed by atoms with E-state index in [0.29, 0.717) is 23.8 Å². The van der Waals surface area contributed by atoms with E-state index in [1.165, 1.54) is 25.7 Å². The summed E-state index contributed by atoms with van der Waals surface area (Å²) in [4.78, 5) is 0. The quantitative estimate of drug-likeness (QED) is 0.215. The van der Waals surface area contributed by atoms with Crippen molar-refractivity contribution < 1.29 is 44.9 Å². The highest BCUT2D eigenvalue weighted by Gasteiger charge is 2.40. The highest BCUT2D eigenvalue weighted by atomic mass is 19.3. The molecule has 0 N–H and O–H groups in total. The molecule has 2 aliphatic rings. The van der Waals surface area contributed by atoms with Gasteiger partial charge >= 0.3 is 6.11 Å². The molecular weight excluding hydrogens is 529 g/mol. The van der Waals surface area contributed by atoms with Crippen molar-refractivity contribution in [3.8, 4) is 11.5 Å². The first-order valence-electron chi connectivity index (χ1n) is 13.5. The van der Waals surface area contributed by atoms with E-state index in [4.69, 9.17) is 9.47 Å². The molecule has 3 nitrogen and oxygen atoms in total. The minimum absolute atomic E-state index is 0.130. The van der Waals surface area contributed by atoms with Crippen molar-refractivity contribution in [2.24, 2.45) is 23.7 Å². The second-order valence-electron chi connectivity index (χ2n) is 10.6. The second-order valence-corrected chi connectivity index (χ2v) is 10.6. The first-order valence-corrected chi connectivity index (χ1v) is 13.5. The summed E-state index contributed by atoms with van der Waals surface area (Å²) < 4.78 is 113. The summed E-state index contributed by atoms with van der Waals surface area (Å²) in [6.45, 7) is 3.72. The molecule has 2 fully saturated rings. The van der Waals surface area contributed by atoms with Crippen LogP contribution in [0.5, 0.6) is 11.5 Å². The van der Waals surface area contributed by atoms with E-state index >= 15 is 0 Å². The molecule has 2 aromatic rings. The number of hydrogen-bond acceptors (Lipinski definition) is 3. The number of alkyl halides is 2. The smallest absolute Gasteiger partial charge is 0.429 e. The predicted octanol–water partition coefficient (Wildman–Crippen LogP) is 8.54. The summed E-state index contributed by atoms with van der Waals surface area (Å²) in [6, 6.07) is 1.81. The van der Waals surface area contributed by atoms with Crippen molar-refractivity contribution in [2.45, 2.75) is 64.4 Å². The lowest BCUT2D eigenvalue weighted by atomic mass is 9.69. The second kappa shape index (κ2) is 12.8. The van der Waals surface area contributed by atoms with Gasteiger partial charge in [0.1, 0.15) is 11.3 Å². The minimum atomic E-state index is -4.50. The molecule has 4 rings (SSSR count). The molecule has 0 atom stereocenters. The van der Waals surface area contributed by atoms with Crippen molar-refractivity contribution >= 4 is 0 Å². The fourth-order valence-corrected chi connectivity index (χ4v) is 5.81. The van der Waals surface area contributed by atoms with Gasteiger partial charge in [0, 0.05) is 25.3 Å². The van der Waals surface area contributed by atoms with Gasteiger partial charge in [0.15, 0.2) is 29.0 Å². The average molecular weight is 563 g/mol. The highest BCUT2D eigenvalue weighted by Crippen LogP contribution is 2.42. The van der Waals surface area contributed by atoms with E-state index in [2.05, 4.69) is 4.74 Å². The Labute approximate surface area is 223 Å². The molecule has 0 heterocycles. The van der Waals surface area contributed by atoms with Crippen molar-refractivity contribution in [1.29, 1.82) is 0 Å². The van der Waals surface area contributed by atoms with E-state index in [0.717, 1.165) is 45.0 Å². The van der Waals surface area contributed by atoms with Gasteiger partial charge in [0.2, 0.25) is 5.82 Å². The van der Waals surface area contributed by atoms with Crippen LogP contribution in [0.2, 0.25) is 0 Å². The Morgan fingerprint density at radius 2 is 1.26 bits per heavy atom.